The Morgan fingerprint density at radius 3 is 2.75 bits per heavy atom. The SMILES string of the molecule is CCP1C2=Cc3ccccc3[CH]2[Ti+2][CH]2C3C=CC=CC3CC21.[Cl-].[Cl-]. The zero-order valence-electron chi connectivity index (χ0n) is 13.7. The molecule has 6 atom stereocenters. The van der Waals surface area contributed by atoms with Crippen LogP contribution >= 0.6 is 7.92 Å². The molecule has 0 bridgehead atoms. The Kier molecular flexibility index (Phi) is 5.86. The molecule has 6 unspecified atom stereocenters. The summed E-state index contributed by atoms with van der Waals surface area (Å²) >= 11 is 0.0619. The topological polar surface area (TPSA) is 0 Å². The maximum atomic E-state index is 2.60. The molecule has 2 fully saturated rings. The Balaban J connectivity index is 0.000000845. The molecule has 1 aromatic carbocycles. The van der Waals surface area contributed by atoms with Crippen LogP contribution in [0, 0.1) is 11.8 Å². The third-order valence-corrected chi connectivity index (χ3v) is 13.2. The third kappa shape index (κ3) is 2.74. The molecule has 1 saturated heterocycles. The van der Waals surface area contributed by atoms with Gasteiger partial charge < -0.3 is 24.8 Å². The van der Waals surface area contributed by atoms with Crippen molar-refractivity contribution in [1.82, 2.24) is 0 Å². The van der Waals surface area contributed by atoms with Crippen LogP contribution in [-0.2, 0) is 19.2 Å². The van der Waals surface area contributed by atoms with Gasteiger partial charge in [-0.1, -0.05) is 0 Å². The summed E-state index contributed by atoms with van der Waals surface area (Å²) in [5, 5.41) is 1.88. The van der Waals surface area contributed by atoms with E-state index in [0.717, 1.165) is 25.9 Å². The summed E-state index contributed by atoms with van der Waals surface area (Å²) in [7, 11) is 0.0910. The number of fused-ring (bicyclic) bond motifs is 6. The van der Waals surface area contributed by atoms with E-state index in [9.17, 15) is 0 Å². The second kappa shape index (κ2) is 7.42. The van der Waals surface area contributed by atoms with Gasteiger partial charge in [0.25, 0.3) is 0 Å². The van der Waals surface area contributed by atoms with Crippen molar-refractivity contribution in [2.24, 2.45) is 11.8 Å². The van der Waals surface area contributed by atoms with Crippen molar-refractivity contribution < 1.29 is 44.0 Å². The summed E-state index contributed by atoms with van der Waals surface area (Å²) < 4.78 is 1.91. The smallest absolute Gasteiger partial charge is 1.00 e. The van der Waals surface area contributed by atoms with Crippen LogP contribution in [0.1, 0.15) is 28.7 Å². The molecule has 1 saturated carbocycles. The predicted molar refractivity (Wildman–Crippen MR) is 92.0 cm³/mol. The van der Waals surface area contributed by atoms with Gasteiger partial charge in [-0.2, -0.15) is 0 Å². The third-order valence-electron chi connectivity index (χ3n) is 5.98. The second-order valence-electron chi connectivity index (χ2n) is 6.92. The molecule has 4 aliphatic rings. The van der Waals surface area contributed by atoms with Crippen LogP contribution in [0.25, 0.3) is 6.08 Å². The first kappa shape index (κ1) is 18.9. The zero-order valence-corrected chi connectivity index (χ0v) is 17.7. The predicted octanol–water partition coefficient (Wildman–Crippen LogP) is -0.393. The van der Waals surface area contributed by atoms with E-state index in [2.05, 4.69) is 61.6 Å². The van der Waals surface area contributed by atoms with Gasteiger partial charge in [0.15, 0.2) is 0 Å². The average Bonchev–Trinajstić information content (AvgIpc) is 3.11. The molecule has 1 aromatic rings. The Bertz CT molecular complexity index is 711. The maximum Gasteiger partial charge on any atom is -1.00 e. The van der Waals surface area contributed by atoms with Crippen LogP contribution in [0.4, 0.5) is 0 Å². The molecular formula is C20H21Cl2PTi. The van der Waals surface area contributed by atoms with Gasteiger partial charge in [-0.3, -0.25) is 0 Å². The van der Waals surface area contributed by atoms with E-state index in [0.29, 0.717) is 0 Å². The molecule has 0 spiro atoms. The average molecular weight is 411 g/mol. The molecule has 0 amide bonds. The number of allylic oxidation sites excluding steroid dienone is 5. The van der Waals surface area contributed by atoms with Crippen LogP contribution in [-0.4, -0.2) is 11.8 Å². The molecular weight excluding hydrogens is 390 g/mol. The number of hydrogen-bond donors (Lipinski definition) is 0. The number of hydrogen-bond acceptors (Lipinski definition) is 0. The van der Waals surface area contributed by atoms with Crippen molar-refractivity contribution in [3.63, 3.8) is 0 Å². The fourth-order valence-corrected chi connectivity index (χ4v) is 13.6. The first-order valence-electron chi connectivity index (χ1n) is 8.55. The molecule has 124 valence electrons. The quantitative estimate of drug-likeness (QED) is 0.437. The summed E-state index contributed by atoms with van der Waals surface area (Å²) in [6, 6.07) is 9.23. The van der Waals surface area contributed by atoms with E-state index >= 15 is 0 Å². The Morgan fingerprint density at radius 1 is 1.12 bits per heavy atom. The maximum absolute atomic E-state index is 2.60. The molecule has 4 heteroatoms. The fourth-order valence-electron chi connectivity index (χ4n) is 5.05. The summed E-state index contributed by atoms with van der Waals surface area (Å²) in [5.74, 6) is 1.73. The van der Waals surface area contributed by atoms with Crippen LogP contribution < -0.4 is 24.8 Å². The van der Waals surface area contributed by atoms with E-state index in [1.54, 1.807) is 11.1 Å². The van der Waals surface area contributed by atoms with Crippen molar-refractivity contribution >= 4 is 14.0 Å². The van der Waals surface area contributed by atoms with E-state index in [1.165, 1.54) is 12.6 Å². The van der Waals surface area contributed by atoms with E-state index in [-0.39, 0.29) is 51.9 Å². The van der Waals surface area contributed by atoms with Crippen LogP contribution in [0.2, 0.25) is 4.22 Å². The van der Waals surface area contributed by atoms with Crippen molar-refractivity contribution in [3.05, 3.63) is 65.0 Å². The van der Waals surface area contributed by atoms with Gasteiger partial charge in [0.1, 0.15) is 0 Å². The summed E-state index contributed by atoms with van der Waals surface area (Å²) in [6.07, 6.45) is 15.1. The first-order chi connectivity index (χ1) is 10.9. The normalized spacial score (nSPS) is 36.6. The van der Waals surface area contributed by atoms with E-state index < -0.39 is 0 Å². The number of benzene rings is 1. The van der Waals surface area contributed by atoms with Gasteiger partial charge >= 0.3 is 144 Å². The van der Waals surface area contributed by atoms with Crippen molar-refractivity contribution in [1.29, 1.82) is 0 Å². The van der Waals surface area contributed by atoms with Gasteiger partial charge in [0.05, 0.1) is 0 Å². The van der Waals surface area contributed by atoms with Crippen LogP contribution in [0.15, 0.2) is 53.9 Å². The summed E-state index contributed by atoms with van der Waals surface area (Å²) in [4.78, 5) is 0. The van der Waals surface area contributed by atoms with Gasteiger partial charge in [-0.05, 0) is 0 Å². The second-order valence-corrected chi connectivity index (χ2v) is 12.1. The number of halogens is 2. The molecule has 0 aromatic heterocycles. The van der Waals surface area contributed by atoms with Crippen LogP contribution in [0.5, 0.6) is 0 Å². The summed E-state index contributed by atoms with van der Waals surface area (Å²) in [6.45, 7) is 2.45. The zero-order chi connectivity index (χ0) is 14.7. The van der Waals surface area contributed by atoms with Crippen molar-refractivity contribution in [2.45, 2.75) is 27.4 Å². The largest absolute Gasteiger partial charge is 1.00 e. The van der Waals surface area contributed by atoms with Gasteiger partial charge in [-0.15, -0.1) is 0 Å². The molecule has 1 aliphatic heterocycles. The minimum Gasteiger partial charge on any atom is -1.00 e. The van der Waals surface area contributed by atoms with Gasteiger partial charge in [-0.25, -0.2) is 0 Å². The number of rotatable bonds is 1. The standard InChI is InChI=1S/C20H21P.2ClH.Ti/c1-2-21(19-11-15-7-3-4-8-16(15)12-19)20-13-17-9-5-6-10-18(17)14-20;;;/h3-13,17-18,20H,2,14H2,1H3;2*1H;/q;;;+2/p-2. The molecule has 3 aliphatic carbocycles. The molecule has 24 heavy (non-hydrogen) atoms. The minimum absolute atomic E-state index is 0. The Morgan fingerprint density at radius 2 is 1.92 bits per heavy atom. The van der Waals surface area contributed by atoms with Gasteiger partial charge in [0.2, 0.25) is 0 Å². The Labute approximate surface area is 167 Å². The van der Waals surface area contributed by atoms with Crippen LogP contribution in [0.3, 0.4) is 0 Å². The monoisotopic (exact) mass is 410 g/mol. The van der Waals surface area contributed by atoms with Crippen molar-refractivity contribution in [3.8, 4) is 0 Å². The molecule has 1 heterocycles. The molecule has 0 N–H and O–H groups in total. The first-order valence-corrected chi connectivity index (χ1v) is 11.9. The fraction of sp³-hybridized carbons (Fsp3) is 0.400. The molecule has 5 rings (SSSR count). The summed E-state index contributed by atoms with van der Waals surface area (Å²) in [5.41, 5.74) is 4.25. The van der Waals surface area contributed by atoms with E-state index in [4.69, 9.17) is 0 Å². The molecule has 0 nitrogen and oxygen atoms in total. The minimum atomic E-state index is 0. The molecule has 0 radical (unpaired) electrons. The van der Waals surface area contributed by atoms with Crippen molar-refractivity contribution in [2.75, 3.05) is 6.16 Å². The van der Waals surface area contributed by atoms with Gasteiger partial charge in [0, 0.05) is 0 Å². The Hall–Kier alpha value is 0.164. The van der Waals surface area contributed by atoms with E-state index in [1.807, 2.05) is 5.31 Å².